The number of hydrogen-bond donors (Lipinski definition) is 3. The lowest BCUT2D eigenvalue weighted by molar-refractivity contribution is -0.125. The van der Waals surface area contributed by atoms with Gasteiger partial charge in [-0.25, -0.2) is 4.79 Å². The number of hydrogen-bond acceptors (Lipinski definition) is 3. The topological polar surface area (TPSA) is 78.4 Å². The molecular weight excluding hydrogens is 256 g/mol. The molecule has 1 fully saturated rings. The number of carboxylic acids is 1. The lowest BCUT2D eigenvalue weighted by Gasteiger charge is -2.28. The van der Waals surface area contributed by atoms with Crippen LogP contribution in [0, 0.1) is 5.92 Å². The molecule has 108 valence electrons. The molecule has 0 spiro atoms. The highest BCUT2D eigenvalue weighted by atomic mass is 16.4. The van der Waals surface area contributed by atoms with Crippen LogP contribution in [0.5, 0.6) is 0 Å². The Morgan fingerprint density at radius 3 is 2.65 bits per heavy atom. The fraction of sp³-hybridized carbons (Fsp3) is 0.467. The van der Waals surface area contributed by atoms with Crippen LogP contribution in [0.15, 0.2) is 24.3 Å². The van der Waals surface area contributed by atoms with Gasteiger partial charge in [0.15, 0.2) is 0 Å². The number of aromatic carboxylic acids is 1. The molecule has 1 amide bonds. The molecule has 1 heterocycles. The summed E-state index contributed by atoms with van der Waals surface area (Å²) in [7, 11) is 0. The third-order valence-corrected chi connectivity index (χ3v) is 3.72. The molecule has 0 saturated carbocycles. The van der Waals surface area contributed by atoms with Crippen LogP contribution < -0.4 is 10.6 Å². The minimum absolute atomic E-state index is 0.0134. The summed E-state index contributed by atoms with van der Waals surface area (Å²) in [5.41, 5.74) is 1.15. The second-order valence-corrected chi connectivity index (χ2v) is 5.27. The number of carbonyl (C=O) groups excluding carboxylic acids is 1. The van der Waals surface area contributed by atoms with Gasteiger partial charge in [0.1, 0.15) is 0 Å². The fourth-order valence-electron chi connectivity index (χ4n) is 2.46. The Balaban J connectivity index is 1.88. The molecule has 1 aromatic carbocycles. The summed E-state index contributed by atoms with van der Waals surface area (Å²) in [4.78, 5) is 22.8. The first-order valence-electron chi connectivity index (χ1n) is 6.91. The smallest absolute Gasteiger partial charge is 0.335 e. The van der Waals surface area contributed by atoms with Crippen LogP contribution in [0.3, 0.4) is 0 Å². The van der Waals surface area contributed by atoms with Crippen molar-refractivity contribution in [2.45, 2.75) is 32.4 Å². The molecule has 5 heteroatoms. The molecule has 1 aromatic rings. The number of piperidine rings is 1. The summed E-state index contributed by atoms with van der Waals surface area (Å²) in [6.07, 6.45) is 2.18. The summed E-state index contributed by atoms with van der Waals surface area (Å²) in [5, 5.41) is 15.0. The van der Waals surface area contributed by atoms with Gasteiger partial charge in [-0.2, -0.15) is 0 Å². The Kier molecular flexibility index (Phi) is 4.74. The van der Waals surface area contributed by atoms with E-state index in [9.17, 15) is 9.59 Å². The van der Waals surface area contributed by atoms with E-state index < -0.39 is 5.97 Å². The van der Waals surface area contributed by atoms with Crippen molar-refractivity contribution in [3.63, 3.8) is 0 Å². The summed E-state index contributed by atoms with van der Waals surface area (Å²) >= 11 is 0. The van der Waals surface area contributed by atoms with E-state index in [1.54, 1.807) is 24.3 Å². The number of amides is 1. The van der Waals surface area contributed by atoms with Gasteiger partial charge in [-0.3, -0.25) is 4.79 Å². The zero-order chi connectivity index (χ0) is 14.5. The molecule has 1 saturated heterocycles. The molecule has 2 rings (SSSR count). The molecule has 0 aromatic heterocycles. The SMILES string of the molecule is CC1CCCNC1C(=O)NCc1ccc(C(=O)O)cc1. The monoisotopic (exact) mass is 276 g/mol. The van der Waals surface area contributed by atoms with E-state index in [4.69, 9.17) is 5.11 Å². The van der Waals surface area contributed by atoms with Crippen LogP contribution in [0.4, 0.5) is 0 Å². The van der Waals surface area contributed by atoms with Gasteiger partial charge in [0.25, 0.3) is 0 Å². The van der Waals surface area contributed by atoms with Gasteiger partial charge in [0, 0.05) is 6.54 Å². The second-order valence-electron chi connectivity index (χ2n) is 5.27. The van der Waals surface area contributed by atoms with Crippen molar-refractivity contribution in [3.8, 4) is 0 Å². The zero-order valence-electron chi connectivity index (χ0n) is 11.6. The highest BCUT2D eigenvalue weighted by molar-refractivity contribution is 5.87. The van der Waals surface area contributed by atoms with Gasteiger partial charge >= 0.3 is 5.97 Å². The van der Waals surface area contributed by atoms with Crippen molar-refractivity contribution in [2.75, 3.05) is 6.54 Å². The maximum atomic E-state index is 12.1. The van der Waals surface area contributed by atoms with Crippen LogP contribution in [-0.2, 0) is 11.3 Å². The standard InChI is InChI=1S/C15H20N2O3/c1-10-3-2-8-16-13(10)14(18)17-9-11-4-6-12(7-5-11)15(19)20/h4-7,10,13,16H,2-3,8-9H2,1H3,(H,17,18)(H,19,20). The van der Waals surface area contributed by atoms with Crippen molar-refractivity contribution in [1.82, 2.24) is 10.6 Å². The molecule has 2 atom stereocenters. The van der Waals surface area contributed by atoms with Gasteiger partial charge in [-0.1, -0.05) is 19.1 Å². The first kappa shape index (κ1) is 14.5. The van der Waals surface area contributed by atoms with Crippen LogP contribution in [0.25, 0.3) is 0 Å². The largest absolute Gasteiger partial charge is 0.478 e. The summed E-state index contributed by atoms with van der Waals surface area (Å²) in [6.45, 7) is 3.39. The van der Waals surface area contributed by atoms with Crippen LogP contribution in [-0.4, -0.2) is 29.6 Å². The minimum Gasteiger partial charge on any atom is -0.478 e. The molecule has 0 bridgehead atoms. The lowest BCUT2D eigenvalue weighted by atomic mass is 9.92. The molecule has 0 aliphatic carbocycles. The van der Waals surface area contributed by atoms with E-state index in [2.05, 4.69) is 17.6 Å². The van der Waals surface area contributed by atoms with E-state index in [0.29, 0.717) is 12.5 Å². The van der Waals surface area contributed by atoms with Crippen molar-refractivity contribution >= 4 is 11.9 Å². The highest BCUT2D eigenvalue weighted by Gasteiger charge is 2.26. The number of carboxylic acid groups (broad SMARTS) is 1. The first-order valence-corrected chi connectivity index (χ1v) is 6.91. The predicted octanol–water partition coefficient (Wildman–Crippen LogP) is 1.39. The Morgan fingerprint density at radius 2 is 2.05 bits per heavy atom. The minimum atomic E-state index is -0.944. The van der Waals surface area contributed by atoms with Crippen LogP contribution >= 0.6 is 0 Å². The third kappa shape index (κ3) is 3.57. The highest BCUT2D eigenvalue weighted by Crippen LogP contribution is 2.15. The average Bonchev–Trinajstić information content (AvgIpc) is 2.45. The van der Waals surface area contributed by atoms with E-state index in [1.807, 2.05) is 0 Å². The fourth-order valence-corrected chi connectivity index (χ4v) is 2.46. The van der Waals surface area contributed by atoms with Crippen molar-refractivity contribution in [3.05, 3.63) is 35.4 Å². The molecule has 5 nitrogen and oxygen atoms in total. The molecule has 1 aliphatic rings. The van der Waals surface area contributed by atoms with Crippen LogP contribution in [0.1, 0.15) is 35.7 Å². The van der Waals surface area contributed by atoms with Gasteiger partial charge in [0.2, 0.25) is 5.91 Å². The lowest BCUT2D eigenvalue weighted by Crippen LogP contribution is -2.50. The van der Waals surface area contributed by atoms with Crippen molar-refractivity contribution in [2.24, 2.45) is 5.92 Å². The summed E-state index contributed by atoms with van der Waals surface area (Å²) in [6, 6.07) is 6.42. The quantitative estimate of drug-likeness (QED) is 0.776. The normalized spacial score (nSPS) is 22.2. The zero-order valence-corrected chi connectivity index (χ0v) is 11.6. The number of rotatable bonds is 4. The third-order valence-electron chi connectivity index (χ3n) is 3.72. The Hall–Kier alpha value is -1.88. The van der Waals surface area contributed by atoms with Gasteiger partial charge in [-0.05, 0) is 43.0 Å². The first-order chi connectivity index (χ1) is 9.58. The maximum Gasteiger partial charge on any atom is 0.335 e. The summed E-state index contributed by atoms with van der Waals surface area (Å²) < 4.78 is 0. The number of carbonyl (C=O) groups is 2. The van der Waals surface area contributed by atoms with Crippen molar-refractivity contribution < 1.29 is 14.7 Å². The van der Waals surface area contributed by atoms with E-state index in [1.165, 1.54) is 0 Å². The van der Waals surface area contributed by atoms with Crippen molar-refractivity contribution in [1.29, 1.82) is 0 Å². The molecule has 3 N–H and O–H groups in total. The van der Waals surface area contributed by atoms with Gasteiger partial charge in [-0.15, -0.1) is 0 Å². The predicted molar refractivity (Wildman–Crippen MR) is 75.4 cm³/mol. The van der Waals surface area contributed by atoms with Gasteiger partial charge in [0.05, 0.1) is 11.6 Å². The Bertz CT molecular complexity index is 484. The average molecular weight is 276 g/mol. The van der Waals surface area contributed by atoms with E-state index in [-0.39, 0.29) is 17.5 Å². The Morgan fingerprint density at radius 1 is 1.35 bits per heavy atom. The van der Waals surface area contributed by atoms with E-state index >= 15 is 0 Å². The maximum absolute atomic E-state index is 12.1. The molecular formula is C15H20N2O3. The number of nitrogens with one attached hydrogen (secondary N) is 2. The molecule has 2 unspecified atom stereocenters. The summed E-state index contributed by atoms with van der Waals surface area (Å²) in [5.74, 6) is -0.585. The molecule has 20 heavy (non-hydrogen) atoms. The number of benzene rings is 1. The second kappa shape index (κ2) is 6.52. The van der Waals surface area contributed by atoms with Crippen LogP contribution in [0.2, 0.25) is 0 Å². The van der Waals surface area contributed by atoms with E-state index in [0.717, 1.165) is 24.9 Å². The molecule has 1 aliphatic heterocycles. The van der Waals surface area contributed by atoms with Gasteiger partial charge < -0.3 is 15.7 Å². The molecule has 0 radical (unpaired) electrons. The Labute approximate surface area is 118 Å².